The van der Waals surface area contributed by atoms with Gasteiger partial charge in [0.15, 0.2) is 0 Å². The highest BCUT2D eigenvalue weighted by molar-refractivity contribution is 5.76. The van der Waals surface area contributed by atoms with Gasteiger partial charge >= 0.3 is 12.0 Å². The molecule has 2 amide bonds. The SMILES string of the molecule is Cc1ccc2c(c1)[C@@H](NC(=O)N(C)CC(C)C(=O)O)CCC2. The molecule has 2 rings (SSSR count). The average molecular weight is 304 g/mol. The molecule has 1 aliphatic carbocycles. The van der Waals surface area contributed by atoms with Gasteiger partial charge in [-0.3, -0.25) is 4.79 Å². The maximum Gasteiger partial charge on any atom is 0.317 e. The van der Waals surface area contributed by atoms with Crippen LogP contribution in [0.1, 0.15) is 42.5 Å². The molecule has 0 heterocycles. The molecule has 0 radical (unpaired) electrons. The summed E-state index contributed by atoms with van der Waals surface area (Å²) in [6.07, 6.45) is 3.02. The van der Waals surface area contributed by atoms with Gasteiger partial charge in [-0.1, -0.05) is 30.7 Å². The minimum Gasteiger partial charge on any atom is -0.481 e. The zero-order chi connectivity index (χ0) is 16.3. The number of carbonyl (C=O) groups is 2. The molecule has 1 aliphatic rings. The van der Waals surface area contributed by atoms with E-state index in [9.17, 15) is 9.59 Å². The predicted molar refractivity (Wildman–Crippen MR) is 84.8 cm³/mol. The number of nitrogens with one attached hydrogen (secondary N) is 1. The molecular weight excluding hydrogens is 280 g/mol. The summed E-state index contributed by atoms with van der Waals surface area (Å²) in [6, 6.07) is 6.17. The van der Waals surface area contributed by atoms with Crippen LogP contribution in [-0.2, 0) is 11.2 Å². The number of aryl methyl sites for hydroxylation is 2. The largest absolute Gasteiger partial charge is 0.481 e. The molecule has 1 aromatic rings. The highest BCUT2D eigenvalue weighted by atomic mass is 16.4. The lowest BCUT2D eigenvalue weighted by molar-refractivity contribution is -0.141. The van der Waals surface area contributed by atoms with Gasteiger partial charge in [0.1, 0.15) is 0 Å². The Kier molecular flexibility index (Phi) is 5.06. The number of urea groups is 1. The molecule has 2 atom stereocenters. The third-order valence-corrected chi connectivity index (χ3v) is 4.23. The Morgan fingerprint density at radius 2 is 2.18 bits per heavy atom. The van der Waals surface area contributed by atoms with Gasteiger partial charge in [0, 0.05) is 13.6 Å². The maximum atomic E-state index is 12.3. The molecule has 0 saturated heterocycles. The summed E-state index contributed by atoms with van der Waals surface area (Å²) in [5.74, 6) is -1.46. The Balaban J connectivity index is 2.04. The monoisotopic (exact) mass is 304 g/mol. The lowest BCUT2D eigenvalue weighted by Gasteiger charge is -2.29. The van der Waals surface area contributed by atoms with E-state index < -0.39 is 11.9 Å². The Bertz CT molecular complexity index is 571. The van der Waals surface area contributed by atoms with Crippen molar-refractivity contribution in [2.75, 3.05) is 13.6 Å². The number of carboxylic acids is 1. The van der Waals surface area contributed by atoms with Crippen molar-refractivity contribution in [3.05, 3.63) is 34.9 Å². The Morgan fingerprint density at radius 3 is 2.86 bits per heavy atom. The van der Waals surface area contributed by atoms with Crippen LogP contribution in [0, 0.1) is 12.8 Å². The van der Waals surface area contributed by atoms with E-state index in [0.717, 1.165) is 19.3 Å². The van der Waals surface area contributed by atoms with E-state index in [1.807, 2.05) is 0 Å². The van der Waals surface area contributed by atoms with Gasteiger partial charge in [-0.25, -0.2) is 4.79 Å². The summed E-state index contributed by atoms with van der Waals surface area (Å²) in [6.45, 7) is 3.86. The molecule has 2 N–H and O–H groups in total. The topological polar surface area (TPSA) is 69.6 Å². The molecule has 0 aromatic heterocycles. The number of aliphatic carboxylic acids is 1. The Hall–Kier alpha value is -2.04. The zero-order valence-electron chi connectivity index (χ0n) is 13.4. The van der Waals surface area contributed by atoms with Crippen LogP contribution in [0.25, 0.3) is 0 Å². The normalized spacial score (nSPS) is 18.2. The second-order valence-corrected chi connectivity index (χ2v) is 6.22. The number of amides is 2. The number of benzene rings is 1. The first-order chi connectivity index (χ1) is 10.4. The molecule has 5 heteroatoms. The zero-order valence-corrected chi connectivity index (χ0v) is 13.4. The summed E-state index contributed by atoms with van der Waals surface area (Å²) >= 11 is 0. The second kappa shape index (κ2) is 6.81. The first kappa shape index (κ1) is 16.3. The van der Waals surface area contributed by atoms with E-state index in [-0.39, 0.29) is 18.6 Å². The summed E-state index contributed by atoms with van der Waals surface area (Å²) in [5.41, 5.74) is 3.68. The van der Waals surface area contributed by atoms with Gasteiger partial charge in [0.2, 0.25) is 0 Å². The Morgan fingerprint density at radius 1 is 1.45 bits per heavy atom. The average Bonchev–Trinajstić information content (AvgIpc) is 2.47. The fourth-order valence-corrected chi connectivity index (χ4v) is 2.90. The molecule has 1 aromatic carbocycles. The maximum absolute atomic E-state index is 12.3. The van der Waals surface area contributed by atoms with E-state index in [1.54, 1.807) is 14.0 Å². The van der Waals surface area contributed by atoms with Crippen LogP contribution in [0.2, 0.25) is 0 Å². The number of fused-ring (bicyclic) bond motifs is 1. The molecule has 0 bridgehead atoms. The van der Waals surface area contributed by atoms with E-state index in [2.05, 4.69) is 30.4 Å². The van der Waals surface area contributed by atoms with E-state index in [1.165, 1.54) is 21.6 Å². The quantitative estimate of drug-likeness (QED) is 0.898. The smallest absolute Gasteiger partial charge is 0.317 e. The van der Waals surface area contributed by atoms with Crippen LogP contribution in [-0.4, -0.2) is 35.6 Å². The molecule has 120 valence electrons. The lowest BCUT2D eigenvalue weighted by Crippen LogP contribution is -2.43. The molecule has 0 saturated carbocycles. The minimum atomic E-state index is -0.890. The summed E-state index contributed by atoms with van der Waals surface area (Å²) < 4.78 is 0. The van der Waals surface area contributed by atoms with Crippen LogP contribution in [0.5, 0.6) is 0 Å². The highest BCUT2D eigenvalue weighted by Gasteiger charge is 2.24. The molecular formula is C17H24N2O3. The number of nitrogens with zero attached hydrogens (tertiary/aromatic N) is 1. The van der Waals surface area contributed by atoms with Gasteiger partial charge in [0.25, 0.3) is 0 Å². The number of carbonyl (C=O) groups excluding carboxylic acids is 1. The van der Waals surface area contributed by atoms with E-state index in [4.69, 9.17) is 5.11 Å². The van der Waals surface area contributed by atoms with Crippen LogP contribution >= 0.6 is 0 Å². The lowest BCUT2D eigenvalue weighted by atomic mass is 9.87. The van der Waals surface area contributed by atoms with E-state index in [0.29, 0.717) is 0 Å². The van der Waals surface area contributed by atoms with Crippen molar-refractivity contribution in [1.82, 2.24) is 10.2 Å². The third kappa shape index (κ3) is 3.78. The number of carboxylic acid groups (broad SMARTS) is 1. The summed E-state index contributed by atoms with van der Waals surface area (Å²) in [7, 11) is 1.63. The van der Waals surface area contributed by atoms with Gasteiger partial charge in [0.05, 0.1) is 12.0 Å². The van der Waals surface area contributed by atoms with Crippen molar-refractivity contribution in [2.24, 2.45) is 5.92 Å². The number of hydrogen-bond acceptors (Lipinski definition) is 2. The van der Waals surface area contributed by atoms with E-state index >= 15 is 0 Å². The fraction of sp³-hybridized carbons (Fsp3) is 0.529. The highest BCUT2D eigenvalue weighted by Crippen LogP contribution is 2.30. The minimum absolute atomic E-state index is 0.0127. The summed E-state index contributed by atoms with van der Waals surface area (Å²) in [5, 5.41) is 12.0. The van der Waals surface area contributed by atoms with Crippen molar-refractivity contribution in [1.29, 1.82) is 0 Å². The van der Waals surface area contributed by atoms with Crippen LogP contribution in [0.4, 0.5) is 4.79 Å². The molecule has 0 aliphatic heterocycles. The number of rotatable bonds is 4. The van der Waals surface area contributed by atoms with Crippen LogP contribution in [0.3, 0.4) is 0 Å². The first-order valence-electron chi connectivity index (χ1n) is 7.72. The number of hydrogen-bond donors (Lipinski definition) is 2. The van der Waals surface area contributed by atoms with Crippen molar-refractivity contribution in [2.45, 2.75) is 39.2 Å². The van der Waals surface area contributed by atoms with Gasteiger partial charge < -0.3 is 15.3 Å². The molecule has 5 nitrogen and oxygen atoms in total. The molecule has 0 spiro atoms. The Labute approximate surface area is 131 Å². The van der Waals surface area contributed by atoms with Crippen molar-refractivity contribution < 1.29 is 14.7 Å². The summed E-state index contributed by atoms with van der Waals surface area (Å²) in [4.78, 5) is 24.6. The van der Waals surface area contributed by atoms with Crippen LogP contribution < -0.4 is 5.32 Å². The van der Waals surface area contributed by atoms with Gasteiger partial charge in [-0.2, -0.15) is 0 Å². The van der Waals surface area contributed by atoms with Crippen molar-refractivity contribution in [3.8, 4) is 0 Å². The fourth-order valence-electron chi connectivity index (χ4n) is 2.90. The molecule has 1 unspecified atom stereocenters. The molecule has 22 heavy (non-hydrogen) atoms. The standard InChI is InChI=1S/C17H24N2O3/c1-11-7-8-13-5-4-6-15(14(13)9-11)18-17(22)19(3)10-12(2)16(20)21/h7-9,12,15H,4-6,10H2,1-3H3,(H,18,22)(H,20,21)/t12?,15-/m0/s1. The first-order valence-corrected chi connectivity index (χ1v) is 7.72. The van der Waals surface area contributed by atoms with Crippen molar-refractivity contribution >= 4 is 12.0 Å². The van der Waals surface area contributed by atoms with Gasteiger partial charge in [-0.15, -0.1) is 0 Å². The van der Waals surface area contributed by atoms with Crippen molar-refractivity contribution in [3.63, 3.8) is 0 Å². The second-order valence-electron chi connectivity index (χ2n) is 6.22. The third-order valence-electron chi connectivity index (χ3n) is 4.23. The molecule has 0 fully saturated rings. The van der Waals surface area contributed by atoms with Crippen LogP contribution in [0.15, 0.2) is 18.2 Å². The predicted octanol–water partition coefficient (Wildman–Crippen LogP) is 2.73. The van der Waals surface area contributed by atoms with Gasteiger partial charge in [-0.05, 0) is 37.3 Å².